The van der Waals surface area contributed by atoms with Crippen molar-refractivity contribution >= 4 is 0 Å². The number of hydrogen-bond donors (Lipinski definition) is 1. The van der Waals surface area contributed by atoms with Gasteiger partial charge < -0.3 is 5.11 Å². The van der Waals surface area contributed by atoms with Gasteiger partial charge in [-0.2, -0.15) is 0 Å². The van der Waals surface area contributed by atoms with E-state index in [0.717, 1.165) is 17.5 Å². The summed E-state index contributed by atoms with van der Waals surface area (Å²) in [5.74, 6) is 0.505. The maximum atomic E-state index is 10.9. The van der Waals surface area contributed by atoms with E-state index in [1.165, 1.54) is 102 Å². The first-order valence-corrected chi connectivity index (χ1v) is 13.9. The Morgan fingerprint density at radius 1 is 0.531 bits per heavy atom. The zero-order chi connectivity index (χ0) is 24.0. The van der Waals surface area contributed by atoms with Crippen molar-refractivity contribution < 1.29 is 5.11 Å². The third-order valence-electron chi connectivity index (χ3n) is 6.85. The van der Waals surface area contributed by atoms with E-state index in [1.807, 2.05) is 0 Å². The highest BCUT2D eigenvalue weighted by Crippen LogP contribution is 2.40. The van der Waals surface area contributed by atoms with Crippen LogP contribution in [0.2, 0.25) is 0 Å². The Labute approximate surface area is 201 Å². The molecule has 0 saturated heterocycles. The fourth-order valence-corrected chi connectivity index (χ4v) is 4.68. The van der Waals surface area contributed by atoms with Crippen LogP contribution in [0, 0.1) is 0 Å². The summed E-state index contributed by atoms with van der Waals surface area (Å²) in [5.41, 5.74) is 3.53. The zero-order valence-electron chi connectivity index (χ0n) is 22.9. The van der Waals surface area contributed by atoms with Crippen molar-refractivity contribution in [1.82, 2.24) is 0 Å². The molecule has 0 spiro atoms. The summed E-state index contributed by atoms with van der Waals surface area (Å²) >= 11 is 0. The molecule has 0 aliphatic heterocycles. The highest BCUT2D eigenvalue weighted by Gasteiger charge is 2.26. The number of phenols is 1. The lowest BCUT2D eigenvalue weighted by Crippen LogP contribution is -2.18. The van der Waals surface area contributed by atoms with Crippen molar-refractivity contribution in [2.45, 2.75) is 162 Å². The monoisotopic (exact) mass is 444 g/mol. The molecule has 0 bridgehead atoms. The third-order valence-corrected chi connectivity index (χ3v) is 6.85. The van der Waals surface area contributed by atoms with Gasteiger partial charge in [0.05, 0.1) is 0 Å². The summed E-state index contributed by atoms with van der Waals surface area (Å²) < 4.78 is 0. The molecule has 0 saturated carbocycles. The number of hydrogen-bond acceptors (Lipinski definition) is 1. The first kappa shape index (κ1) is 29.1. The maximum absolute atomic E-state index is 10.9. The van der Waals surface area contributed by atoms with Crippen LogP contribution in [0.4, 0.5) is 0 Å². The Bertz CT molecular complexity index is 579. The first-order chi connectivity index (χ1) is 15.1. The lowest BCUT2D eigenvalue weighted by atomic mass is 9.78. The second kappa shape index (κ2) is 15.0. The van der Waals surface area contributed by atoms with E-state index in [0.29, 0.717) is 5.75 Å². The molecular formula is C31H56O. The average Bonchev–Trinajstić information content (AvgIpc) is 2.70. The lowest BCUT2D eigenvalue weighted by Gasteiger charge is -2.28. The summed E-state index contributed by atoms with van der Waals surface area (Å²) in [5, 5.41) is 10.9. The van der Waals surface area contributed by atoms with E-state index in [-0.39, 0.29) is 10.8 Å². The lowest BCUT2D eigenvalue weighted by molar-refractivity contribution is 0.422. The Kier molecular flexibility index (Phi) is 13.6. The molecular weight excluding hydrogens is 388 g/mol. The molecule has 186 valence electrons. The van der Waals surface area contributed by atoms with E-state index in [1.54, 1.807) is 0 Å². The molecule has 0 amide bonds. The van der Waals surface area contributed by atoms with Crippen molar-refractivity contribution in [3.63, 3.8) is 0 Å². The number of aromatic hydroxyl groups is 1. The van der Waals surface area contributed by atoms with Gasteiger partial charge in [-0.05, 0) is 40.4 Å². The highest BCUT2D eigenvalue weighted by atomic mass is 16.3. The van der Waals surface area contributed by atoms with Gasteiger partial charge in [-0.3, -0.25) is 0 Å². The molecule has 0 unspecified atom stereocenters. The van der Waals surface area contributed by atoms with E-state index in [4.69, 9.17) is 0 Å². The van der Waals surface area contributed by atoms with Crippen molar-refractivity contribution in [2.75, 3.05) is 0 Å². The molecule has 1 rings (SSSR count). The van der Waals surface area contributed by atoms with Gasteiger partial charge in [0.2, 0.25) is 0 Å². The number of phenolic OH excluding ortho intramolecular Hbond substituents is 1. The fourth-order valence-electron chi connectivity index (χ4n) is 4.68. The van der Waals surface area contributed by atoms with Crippen molar-refractivity contribution in [3.05, 3.63) is 28.8 Å². The fraction of sp³-hybridized carbons (Fsp3) is 0.806. The number of rotatable bonds is 16. The normalized spacial score (nSPS) is 12.5. The van der Waals surface area contributed by atoms with E-state index >= 15 is 0 Å². The zero-order valence-corrected chi connectivity index (χ0v) is 22.9. The molecule has 0 fully saturated rings. The van der Waals surface area contributed by atoms with Crippen molar-refractivity contribution in [2.24, 2.45) is 0 Å². The SMILES string of the molecule is CCCCCCCCCCCCCCCCCc1cc(C(C)(C)C)c(O)c(C(C)(C)C)c1. The third kappa shape index (κ3) is 11.8. The van der Waals surface area contributed by atoms with E-state index in [9.17, 15) is 5.11 Å². The molecule has 1 aromatic carbocycles. The minimum Gasteiger partial charge on any atom is -0.507 e. The molecule has 1 heteroatoms. The smallest absolute Gasteiger partial charge is 0.123 e. The summed E-state index contributed by atoms with van der Waals surface area (Å²) in [6, 6.07) is 4.52. The second-order valence-corrected chi connectivity index (χ2v) is 12.2. The first-order valence-electron chi connectivity index (χ1n) is 13.9. The van der Waals surface area contributed by atoms with Gasteiger partial charge in [0.1, 0.15) is 5.75 Å². The Balaban J connectivity index is 2.23. The van der Waals surface area contributed by atoms with E-state index < -0.39 is 0 Å². The molecule has 1 nitrogen and oxygen atoms in total. The molecule has 1 aromatic rings. The average molecular weight is 445 g/mol. The van der Waals surface area contributed by atoms with Crippen LogP contribution in [0.15, 0.2) is 12.1 Å². The number of unbranched alkanes of at least 4 members (excludes halogenated alkanes) is 14. The molecule has 0 atom stereocenters. The number of aryl methyl sites for hydroxylation is 1. The summed E-state index contributed by atoms with van der Waals surface area (Å²) in [6.45, 7) is 15.5. The van der Waals surface area contributed by atoms with Gasteiger partial charge >= 0.3 is 0 Å². The Morgan fingerprint density at radius 2 is 0.844 bits per heavy atom. The van der Waals surface area contributed by atoms with Gasteiger partial charge in [-0.25, -0.2) is 0 Å². The van der Waals surface area contributed by atoms with Crippen LogP contribution in [0.5, 0.6) is 5.75 Å². The van der Waals surface area contributed by atoms with Gasteiger partial charge in [-0.1, -0.05) is 150 Å². The standard InChI is InChI=1S/C31H56O/c1-8-9-10-11-12-13-14-15-16-17-18-19-20-21-22-23-26-24-27(30(2,3)4)29(32)28(25-26)31(5,6)7/h24-25,32H,8-23H2,1-7H3. The van der Waals surface area contributed by atoms with Gasteiger partial charge in [0.15, 0.2) is 0 Å². The van der Waals surface area contributed by atoms with Crippen LogP contribution in [0.3, 0.4) is 0 Å². The van der Waals surface area contributed by atoms with Crippen LogP contribution in [0.1, 0.15) is 161 Å². The van der Waals surface area contributed by atoms with Crippen LogP contribution in [-0.2, 0) is 17.3 Å². The molecule has 1 N–H and O–H groups in total. The van der Waals surface area contributed by atoms with Gasteiger partial charge in [0, 0.05) is 0 Å². The van der Waals surface area contributed by atoms with Crippen LogP contribution in [0.25, 0.3) is 0 Å². The van der Waals surface area contributed by atoms with Crippen LogP contribution < -0.4 is 0 Å². The Hall–Kier alpha value is -0.980. The number of benzene rings is 1. The van der Waals surface area contributed by atoms with Crippen LogP contribution >= 0.6 is 0 Å². The largest absolute Gasteiger partial charge is 0.507 e. The van der Waals surface area contributed by atoms with Gasteiger partial charge in [0.25, 0.3) is 0 Å². The molecule has 32 heavy (non-hydrogen) atoms. The molecule has 0 aliphatic carbocycles. The molecule has 0 radical (unpaired) electrons. The van der Waals surface area contributed by atoms with Crippen molar-refractivity contribution in [1.29, 1.82) is 0 Å². The van der Waals surface area contributed by atoms with E-state index in [2.05, 4.69) is 60.6 Å². The molecule has 0 aliphatic rings. The van der Waals surface area contributed by atoms with Crippen LogP contribution in [-0.4, -0.2) is 5.11 Å². The minimum absolute atomic E-state index is 0.0326. The van der Waals surface area contributed by atoms with Crippen molar-refractivity contribution in [3.8, 4) is 5.75 Å². The maximum Gasteiger partial charge on any atom is 0.123 e. The highest BCUT2D eigenvalue weighted by molar-refractivity contribution is 5.49. The quantitative estimate of drug-likeness (QED) is 0.251. The second-order valence-electron chi connectivity index (χ2n) is 12.2. The summed E-state index contributed by atoms with van der Waals surface area (Å²) in [7, 11) is 0. The summed E-state index contributed by atoms with van der Waals surface area (Å²) in [6.07, 6.45) is 22.2. The Morgan fingerprint density at radius 3 is 1.16 bits per heavy atom. The molecule has 0 aromatic heterocycles. The predicted octanol–water partition coefficient (Wildman–Crippen LogP) is 10.4. The minimum atomic E-state index is -0.0326. The van der Waals surface area contributed by atoms with Gasteiger partial charge in [-0.15, -0.1) is 0 Å². The predicted molar refractivity (Wildman–Crippen MR) is 144 cm³/mol. The summed E-state index contributed by atoms with van der Waals surface area (Å²) in [4.78, 5) is 0. The topological polar surface area (TPSA) is 20.2 Å². The molecule has 0 heterocycles.